The van der Waals surface area contributed by atoms with Crippen LogP contribution in [0.25, 0.3) is 0 Å². The topological polar surface area (TPSA) is 70.0 Å². The van der Waals surface area contributed by atoms with Gasteiger partial charge < -0.3 is 19.8 Å². The van der Waals surface area contributed by atoms with Crippen LogP contribution >= 0.6 is 0 Å². The summed E-state index contributed by atoms with van der Waals surface area (Å²) in [4.78, 5) is 14.5. The van der Waals surface area contributed by atoms with Crippen LogP contribution in [-0.2, 0) is 0 Å². The number of fused-ring (bicyclic) bond motifs is 1. The standard InChI is InChI=1S/C19H21NO4/c1-10-17(22)11(2)19-16(18(10)23)14(21)9-15(24-19)12-5-7-13(8-6-12)20(3)4/h5-8,15,22-23H,9H2,1-4H3. The van der Waals surface area contributed by atoms with Crippen molar-refractivity contribution in [3.63, 3.8) is 0 Å². The third kappa shape index (κ3) is 2.46. The van der Waals surface area contributed by atoms with Gasteiger partial charge in [-0.2, -0.15) is 0 Å². The van der Waals surface area contributed by atoms with E-state index in [4.69, 9.17) is 4.74 Å². The average Bonchev–Trinajstić information content (AvgIpc) is 2.57. The molecule has 0 saturated carbocycles. The summed E-state index contributed by atoms with van der Waals surface area (Å²) in [5.74, 6) is -0.141. The van der Waals surface area contributed by atoms with Crippen LogP contribution < -0.4 is 9.64 Å². The van der Waals surface area contributed by atoms with Gasteiger partial charge in [0.05, 0.1) is 6.42 Å². The van der Waals surface area contributed by atoms with Crippen LogP contribution in [0.1, 0.15) is 39.6 Å². The van der Waals surface area contributed by atoms with Gasteiger partial charge in [0.1, 0.15) is 28.9 Å². The Balaban J connectivity index is 2.02. The number of benzene rings is 2. The Kier molecular flexibility index (Phi) is 3.87. The van der Waals surface area contributed by atoms with Crippen molar-refractivity contribution in [3.8, 4) is 17.2 Å². The van der Waals surface area contributed by atoms with Crippen LogP contribution in [0.3, 0.4) is 0 Å². The second-order valence-corrected chi connectivity index (χ2v) is 6.37. The molecule has 5 nitrogen and oxygen atoms in total. The van der Waals surface area contributed by atoms with E-state index in [0.29, 0.717) is 11.1 Å². The zero-order valence-corrected chi connectivity index (χ0v) is 14.3. The molecule has 1 atom stereocenters. The third-order valence-corrected chi connectivity index (χ3v) is 4.56. The molecule has 3 rings (SSSR count). The number of hydrogen-bond acceptors (Lipinski definition) is 5. The molecule has 126 valence electrons. The fraction of sp³-hybridized carbons (Fsp3) is 0.316. The number of ether oxygens (including phenoxy) is 1. The van der Waals surface area contributed by atoms with Gasteiger partial charge in [-0.05, 0) is 31.5 Å². The SMILES string of the molecule is Cc1c(O)c(C)c2c(c1O)C(=O)CC(c1ccc(N(C)C)cc1)O2. The average molecular weight is 327 g/mol. The molecule has 0 bridgehead atoms. The Morgan fingerprint density at radius 3 is 2.25 bits per heavy atom. The third-order valence-electron chi connectivity index (χ3n) is 4.56. The number of ketones is 1. The number of rotatable bonds is 2. The van der Waals surface area contributed by atoms with Gasteiger partial charge in [-0.1, -0.05) is 12.1 Å². The monoisotopic (exact) mass is 327 g/mol. The molecule has 5 heteroatoms. The highest BCUT2D eigenvalue weighted by molar-refractivity contribution is 6.03. The molecule has 1 aliphatic rings. The van der Waals surface area contributed by atoms with Crippen LogP contribution in [0.2, 0.25) is 0 Å². The number of Topliss-reactive ketones (excluding diaryl/α,β-unsaturated/α-hetero) is 1. The molecule has 2 aromatic carbocycles. The van der Waals surface area contributed by atoms with Crippen molar-refractivity contribution >= 4 is 11.5 Å². The van der Waals surface area contributed by atoms with E-state index in [9.17, 15) is 15.0 Å². The molecule has 0 fully saturated rings. The van der Waals surface area contributed by atoms with Crippen molar-refractivity contribution in [1.82, 2.24) is 0 Å². The molecule has 2 aromatic rings. The van der Waals surface area contributed by atoms with Gasteiger partial charge in [0, 0.05) is 30.9 Å². The van der Waals surface area contributed by atoms with Crippen LogP contribution in [0.5, 0.6) is 17.2 Å². The summed E-state index contributed by atoms with van der Waals surface area (Å²) in [5.41, 5.74) is 2.89. The van der Waals surface area contributed by atoms with Crippen LogP contribution in [0.4, 0.5) is 5.69 Å². The van der Waals surface area contributed by atoms with E-state index in [2.05, 4.69) is 0 Å². The maximum absolute atomic E-state index is 12.6. The van der Waals surface area contributed by atoms with Gasteiger partial charge in [-0.15, -0.1) is 0 Å². The number of carbonyl (C=O) groups excluding carboxylic acids is 1. The number of aromatic hydroxyl groups is 2. The quantitative estimate of drug-likeness (QED) is 0.883. The van der Waals surface area contributed by atoms with Crippen molar-refractivity contribution in [2.24, 2.45) is 0 Å². The first kappa shape index (κ1) is 16.2. The van der Waals surface area contributed by atoms with Gasteiger partial charge in [0.2, 0.25) is 0 Å². The van der Waals surface area contributed by atoms with E-state index in [1.54, 1.807) is 13.8 Å². The van der Waals surface area contributed by atoms with E-state index in [0.717, 1.165) is 11.3 Å². The smallest absolute Gasteiger partial charge is 0.174 e. The van der Waals surface area contributed by atoms with Crippen LogP contribution in [0.15, 0.2) is 24.3 Å². The van der Waals surface area contributed by atoms with Gasteiger partial charge in [-0.3, -0.25) is 4.79 Å². The minimum Gasteiger partial charge on any atom is -0.507 e. The summed E-state index contributed by atoms with van der Waals surface area (Å²) in [6, 6.07) is 7.80. The fourth-order valence-corrected chi connectivity index (χ4v) is 3.02. The highest BCUT2D eigenvalue weighted by Gasteiger charge is 2.33. The number of anilines is 1. The minimum atomic E-state index is -0.429. The highest BCUT2D eigenvalue weighted by Crippen LogP contribution is 2.47. The molecule has 0 spiro atoms. The Morgan fingerprint density at radius 1 is 1.04 bits per heavy atom. The van der Waals surface area contributed by atoms with E-state index in [-0.39, 0.29) is 35.0 Å². The zero-order chi connectivity index (χ0) is 17.6. The van der Waals surface area contributed by atoms with Crippen molar-refractivity contribution in [2.75, 3.05) is 19.0 Å². The van der Waals surface area contributed by atoms with E-state index in [1.807, 2.05) is 43.3 Å². The molecule has 1 aliphatic heterocycles. The second kappa shape index (κ2) is 5.74. The summed E-state index contributed by atoms with van der Waals surface area (Å²) < 4.78 is 5.98. The molecule has 0 radical (unpaired) electrons. The van der Waals surface area contributed by atoms with E-state index < -0.39 is 6.10 Å². The second-order valence-electron chi connectivity index (χ2n) is 6.37. The lowest BCUT2D eigenvalue weighted by atomic mass is 9.91. The minimum absolute atomic E-state index is 0.0392. The molecular weight excluding hydrogens is 306 g/mol. The Labute approximate surface area is 141 Å². The first-order chi connectivity index (χ1) is 11.3. The fourth-order valence-electron chi connectivity index (χ4n) is 3.02. The lowest BCUT2D eigenvalue weighted by Gasteiger charge is -2.28. The maximum Gasteiger partial charge on any atom is 0.174 e. The Bertz CT molecular complexity index is 809. The Morgan fingerprint density at radius 2 is 1.67 bits per heavy atom. The van der Waals surface area contributed by atoms with Gasteiger partial charge in [0.25, 0.3) is 0 Å². The van der Waals surface area contributed by atoms with E-state index in [1.165, 1.54) is 0 Å². The highest BCUT2D eigenvalue weighted by atomic mass is 16.5. The lowest BCUT2D eigenvalue weighted by molar-refractivity contribution is 0.0842. The number of nitrogens with zero attached hydrogens (tertiary/aromatic N) is 1. The predicted molar refractivity (Wildman–Crippen MR) is 92.3 cm³/mol. The lowest BCUT2D eigenvalue weighted by Crippen LogP contribution is -2.21. The van der Waals surface area contributed by atoms with Crippen molar-refractivity contribution < 1.29 is 19.7 Å². The normalized spacial score (nSPS) is 16.5. The summed E-state index contributed by atoms with van der Waals surface area (Å²) >= 11 is 0. The van der Waals surface area contributed by atoms with Gasteiger partial charge in [0.15, 0.2) is 5.78 Å². The van der Waals surface area contributed by atoms with Gasteiger partial charge in [-0.25, -0.2) is 0 Å². The van der Waals surface area contributed by atoms with Crippen LogP contribution in [0, 0.1) is 13.8 Å². The number of phenols is 2. The largest absolute Gasteiger partial charge is 0.507 e. The molecule has 0 aliphatic carbocycles. The maximum atomic E-state index is 12.6. The molecule has 24 heavy (non-hydrogen) atoms. The van der Waals surface area contributed by atoms with Gasteiger partial charge >= 0.3 is 0 Å². The molecule has 0 amide bonds. The number of carbonyl (C=O) groups is 1. The van der Waals surface area contributed by atoms with E-state index >= 15 is 0 Å². The molecular formula is C19H21NO4. The van der Waals surface area contributed by atoms with Crippen molar-refractivity contribution in [2.45, 2.75) is 26.4 Å². The van der Waals surface area contributed by atoms with Crippen molar-refractivity contribution in [1.29, 1.82) is 0 Å². The molecule has 0 saturated heterocycles. The molecule has 2 N–H and O–H groups in total. The first-order valence-electron chi connectivity index (χ1n) is 7.83. The zero-order valence-electron chi connectivity index (χ0n) is 14.3. The number of hydrogen-bond donors (Lipinski definition) is 2. The number of phenolic OH excluding ortho intramolecular Hbond substituents is 2. The van der Waals surface area contributed by atoms with Crippen molar-refractivity contribution in [3.05, 3.63) is 46.5 Å². The molecule has 0 aromatic heterocycles. The summed E-state index contributed by atoms with van der Waals surface area (Å²) in [5, 5.41) is 20.3. The predicted octanol–water partition coefficient (Wildman–Crippen LogP) is 3.49. The summed E-state index contributed by atoms with van der Waals surface area (Å²) in [6.07, 6.45) is -0.271. The first-order valence-corrected chi connectivity index (χ1v) is 7.83. The molecule has 1 heterocycles. The van der Waals surface area contributed by atoms with Crippen LogP contribution in [-0.4, -0.2) is 30.1 Å². The Hall–Kier alpha value is -2.69. The molecule has 1 unspecified atom stereocenters. The summed E-state index contributed by atoms with van der Waals surface area (Å²) in [6.45, 7) is 3.27. The summed E-state index contributed by atoms with van der Waals surface area (Å²) in [7, 11) is 3.92.